The Labute approximate surface area is 93.8 Å². The smallest absolute Gasteiger partial charge is 0.0659 e. The molecule has 0 aromatic heterocycles. The third-order valence-corrected chi connectivity index (χ3v) is 4.44. The molecule has 2 atom stereocenters. The summed E-state index contributed by atoms with van der Waals surface area (Å²) >= 11 is 0. The summed E-state index contributed by atoms with van der Waals surface area (Å²) in [6.07, 6.45) is 8.96. The summed E-state index contributed by atoms with van der Waals surface area (Å²) < 4.78 is 6.23. The van der Waals surface area contributed by atoms with Crippen LogP contribution in [0.4, 0.5) is 0 Å². The predicted molar refractivity (Wildman–Crippen MR) is 63.0 cm³/mol. The van der Waals surface area contributed by atoms with Gasteiger partial charge >= 0.3 is 0 Å². The van der Waals surface area contributed by atoms with E-state index in [4.69, 9.17) is 4.74 Å². The molecule has 0 bridgehead atoms. The molecule has 2 unspecified atom stereocenters. The third kappa shape index (κ3) is 2.21. The van der Waals surface area contributed by atoms with Crippen molar-refractivity contribution in [3.63, 3.8) is 0 Å². The molecular formula is C13H25NO. The highest BCUT2D eigenvalue weighted by Gasteiger charge is 2.48. The van der Waals surface area contributed by atoms with Gasteiger partial charge in [-0.1, -0.05) is 33.1 Å². The molecule has 2 nitrogen and oxygen atoms in total. The van der Waals surface area contributed by atoms with Gasteiger partial charge in [0.1, 0.15) is 0 Å². The van der Waals surface area contributed by atoms with Gasteiger partial charge < -0.3 is 10.1 Å². The third-order valence-electron chi connectivity index (χ3n) is 4.44. The SMILES string of the molecule is CNC1CC(OC2CCCCC2)C1(C)C. The van der Waals surface area contributed by atoms with Crippen molar-refractivity contribution in [2.75, 3.05) is 7.05 Å². The van der Waals surface area contributed by atoms with Crippen LogP contribution in [0, 0.1) is 5.41 Å². The largest absolute Gasteiger partial charge is 0.374 e. The van der Waals surface area contributed by atoms with Crippen molar-refractivity contribution in [3.05, 3.63) is 0 Å². The van der Waals surface area contributed by atoms with Crippen LogP contribution in [0.1, 0.15) is 52.4 Å². The Hall–Kier alpha value is -0.0800. The molecule has 15 heavy (non-hydrogen) atoms. The summed E-state index contributed by atoms with van der Waals surface area (Å²) in [6.45, 7) is 4.65. The second-order valence-corrected chi connectivity index (χ2v) is 5.78. The fourth-order valence-electron chi connectivity index (χ4n) is 3.04. The van der Waals surface area contributed by atoms with Gasteiger partial charge in [-0.3, -0.25) is 0 Å². The maximum atomic E-state index is 6.23. The van der Waals surface area contributed by atoms with Crippen LogP contribution >= 0.6 is 0 Å². The van der Waals surface area contributed by atoms with E-state index < -0.39 is 0 Å². The molecular weight excluding hydrogens is 186 g/mol. The Kier molecular flexibility index (Phi) is 3.36. The van der Waals surface area contributed by atoms with Gasteiger partial charge in [0.05, 0.1) is 12.2 Å². The van der Waals surface area contributed by atoms with Gasteiger partial charge in [-0.2, -0.15) is 0 Å². The second-order valence-electron chi connectivity index (χ2n) is 5.78. The monoisotopic (exact) mass is 211 g/mol. The standard InChI is InChI=1S/C13H25NO/c1-13(2)11(14-3)9-12(13)15-10-7-5-4-6-8-10/h10-12,14H,4-9H2,1-3H3. The van der Waals surface area contributed by atoms with E-state index in [-0.39, 0.29) is 0 Å². The van der Waals surface area contributed by atoms with Crippen molar-refractivity contribution < 1.29 is 4.74 Å². The lowest BCUT2D eigenvalue weighted by molar-refractivity contribution is -0.152. The average molecular weight is 211 g/mol. The molecule has 2 heteroatoms. The first-order valence-electron chi connectivity index (χ1n) is 6.47. The summed E-state index contributed by atoms with van der Waals surface area (Å²) in [5, 5.41) is 3.38. The van der Waals surface area contributed by atoms with E-state index in [0.717, 1.165) is 0 Å². The van der Waals surface area contributed by atoms with Crippen LogP contribution < -0.4 is 5.32 Å². The van der Waals surface area contributed by atoms with Gasteiger partial charge in [-0.05, 0) is 26.3 Å². The quantitative estimate of drug-likeness (QED) is 0.775. The van der Waals surface area contributed by atoms with Crippen LogP contribution in [0.25, 0.3) is 0 Å². The first kappa shape index (κ1) is 11.4. The molecule has 1 N–H and O–H groups in total. The van der Waals surface area contributed by atoms with Crippen molar-refractivity contribution in [1.29, 1.82) is 0 Å². The van der Waals surface area contributed by atoms with E-state index in [2.05, 4.69) is 26.2 Å². The van der Waals surface area contributed by atoms with Crippen LogP contribution in [-0.2, 0) is 4.74 Å². The molecule has 2 saturated carbocycles. The molecule has 2 fully saturated rings. The Morgan fingerprint density at radius 2 is 1.80 bits per heavy atom. The highest BCUT2D eigenvalue weighted by molar-refractivity contribution is 5.02. The fourth-order valence-corrected chi connectivity index (χ4v) is 3.04. The minimum Gasteiger partial charge on any atom is -0.374 e. The van der Waals surface area contributed by atoms with Crippen molar-refractivity contribution in [3.8, 4) is 0 Å². The van der Waals surface area contributed by atoms with Crippen molar-refractivity contribution in [1.82, 2.24) is 5.32 Å². The maximum absolute atomic E-state index is 6.23. The van der Waals surface area contributed by atoms with Gasteiger partial charge in [0.15, 0.2) is 0 Å². The molecule has 0 saturated heterocycles. The average Bonchev–Trinajstić information content (AvgIpc) is 2.25. The van der Waals surface area contributed by atoms with Crippen LogP contribution in [0.5, 0.6) is 0 Å². The number of rotatable bonds is 3. The summed E-state index contributed by atoms with van der Waals surface area (Å²) in [6, 6.07) is 0.645. The number of hydrogen-bond donors (Lipinski definition) is 1. The lowest BCUT2D eigenvalue weighted by Gasteiger charge is -2.52. The van der Waals surface area contributed by atoms with Gasteiger partial charge in [0.25, 0.3) is 0 Å². The Morgan fingerprint density at radius 3 is 2.33 bits per heavy atom. The molecule has 0 aromatic rings. The lowest BCUT2D eigenvalue weighted by atomic mass is 9.64. The summed E-state index contributed by atoms with van der Waals surface area (Å²) in [5.74, 6) is 0. The zero-order valence-corrected chi connectivity index (χ0v) is 10.4. The summed E-state index contributed by atoms with van der Waals surface area (Å²) in [4.78, 5) is 0. The maximum Gasteiger partial charge on any atom is 0.0659 e. The van der Waals surface area contributed by atoms with Crippen LogP contribution in [-0.4, -0.2) is 25.3 Å². The summed E-state index contributed by atoms with van der Waals surface area (Å²) in [5.41, 5.74) is 0.326. The lowest BCUT2D eigenvalue weighted by Crippen LogP contribution is -2.60. The normalized spacial score (nSPS) is 36.2. The molecule has 2 aliphatic rings. The molecule has 2 rings (SSSR count). The second kappa shape index (κ2) is 4.42. The molecule has 0 amide bonds. The zero-order valence-electron chi connectivity index (χ0n) is 10.4. The molecule has 0 aromatic carbocycles. The first-order chi connectivity index (χ1) is 7.14. The van der Waals surface area contributed by atoms with Gasteiger partial charge in [0.2, 0.25) is 0 Å². The van der Waals surface area contributed by atoms with Crippen LogP contribution in [0.3, 0.4) is 0 Å². The van der Waals surface area contributed by atoms with Gasteiger partial charge in [-0.15, -0.1) is 0 Å². The highest BCUT2D eigenvalue weighted by atomic mass is 16.5. The van der Waals surface area contributed by atoms with E-state index in [1.165, 1.54) is 38.5 Å². The molecule has 88 valence electrons. The highest BCUT2D eigenvalue weighted by Crippen LogP contribution is 2.44. The zero-order chi connectivity index (χ0) is 10.9. The molecule has 0 spiro atoms. The van der Waals surface area contributed by atoms with E-state index in [1.807, 2.05) is 0 Å². The Morgan fingerprint density at radius 1 is 1.13 bits per heavy atom. The number of nitrogens with one attached hydrogen (secondary N) is 1. The van der Waals surface area contributed by atoms with Crippen LogP contribution in [0.15, 0.2) is 0 Å². The van der Waals surface area contributed by atoms with Crippen LogP contribution in [0.2, 0.25) is 0 Å². The van der Waals surface area contributed by atoms with Crippen molar-refractivity contribution >= 4 is 0 Å². The fraction of sp³-hybridized carbons (Fsp3) is 1.00. The minimum absolute atomic E-state index is 0.326. The predicted octanol–water partition coefficient (Wildman–Crippen LogP) is 2.72. The van der Waals surface area contributed by atoms with E-state index >= 15 is 0 Å². The number of ether oxygens (including phenoxy) is 1. The van der Waals surface area contributed by atoms with Crippen molar-refractivity contribution in [2.24, 2.45) is 5.41 Å². The molecule has 0 radical (unpaired) electrons. The van der Waals surface area contributed by atoms with E-state index in [1.54, 1.807) is 0 Å². The summed E-state index contributed by atoms with van der Waals surface area (Å²) in [7, 11) is 2.06. The Balaban J connectivity index is 1.81. The molecule has 2 aliphatic carbocycles. The Bertz CT molecular complexity index is 209. The molecule has 0 aliphatic heterocycles. The van der Waals surface area contributed by atoms with E-state index in [0.29, 0.717) is 23.7 Å². The minimum atomic E-state index is 0.326. The van der Waals surface area contributed by atoms with Gasteiger partial charge in [-0.25, -0.2) is 0 Å². The molecule has 0 heterocycles. The topological polar surface area (TPSA) is 21.3 Å². The van der Waals surface area contributed by atoms with Crippen molar-refractivity contribution in [2.45, 2.75) is 70.6 Å². The van der Waals surface area contributed by atoms with Gasteiger partial charge in [0, 0.05) is 11.5 Å². The first-order valence-corrected chi connectivity index (χ1v) is 6.47. The number of hydrogen-bond acceptors (Lipinski definition) is 2. The van der Waals surface area contributed by atoms with E-state index in [9.17, 15) is 0 Å².